The Hall–Kier alpha value is -4.38. The lowest BCUT2D eigenvalue weighted by Crippen LogP contribution is -2.58. The molecule has 0 saturated carbocycles. The number of rotatable bonds is 7. The Kier molecular flexibility index (Phi) is 7.98. The topological polar surface area (TPSA) is 143 Å². The second-order valence-electron chi connectivity index (χ2n) is 11.2. The van der Waals surface area contributed by atoms with Crippen LogP contribution >= 0.6 is 0 Å². The first-order chi connectivity index (χ1) is 19.6. The fraction of sp³-hybridized carbons (Fsp3) is 0.400. The number of nitrogens with zero attached hydrogens (tertiary/aromatic N) is 2. The summed E-state index contributed by atoms with van der Waals surface area (Å²) >= 11 is 0. The van der Waals surface area contributed by atoms with Crippen molar-refractivity contribution in [3.63, 3.8) is 0 Å². The minimum atomic E-state index is -1.18. The van der Waals surface area contributed by atoms with Crippen molar-refractivity contribution in [2.75, 3.05) is 19.8 Å². The normalized spacial score (nSPS) is 18.2. The fourth-order valence-electron chi connectivity index (χ4n) is 5.43. The van der Waals surface area contributed by atoms with Gasteiger partial charge < -0.3 is 24.6 Å². The van der Waals surface area contributed by atoms with Crippen LogP contribution in [0.2, 0.25) is 0 Å². The van der Waals surface area contributed by atoms with E-state index in [0.29, 0.717) is 18.7 Å². The van der Waals surface area contributed by atoms with Crippen LogP contribution in [0.15, 0.2) is 54.6 Å². The standard InChI is InChI=1S/C30H34N4O7/c1-30(2,3)41-28(37)31-25-17-39-13-12-26(25)34(15-18-14-24(27(35)36)33-32-18)29(38)40-16-23-21-10-6-4-8-19(21)20-9-5-7-11-22(20)23/h4-11,14,23,25-26H,12-13,15-17H2,1-3H3,(H,31,37)(H,32,33)(H,35,36)/t25-,26+/m1/s1. The van der Waals surface area contributed by atoms with Crippen molar-refractivity contribution in [3.05, 3.63) is 77.1 Å². The van der Waals surface area contributed by atoms with Crippen molar-refractivity contribution >= 4 is 18.2 Å². The van der Waals surface area contributed by atoms with Gasteiger partial charge in [0.05, 0.1) is 30.9 Å². The molecule has 3 aromatic rings. The van der Waals surface area contributed by atoms with Crippen LogP contribution in [0.1, 0.15) is 60.4 Å². The molecule has 216 valence electrons. The van der Waals surface area contributed by atoms with Gasteiger partial charge >= 0.3 is 18.2 Å². The summed E-state index contributed by atoms with van der Waals surface area (Å²) in [5.74, 6) is -1.32. The van der Waals surface area contributed by atoms with Gasteiger partial charge in [-0.3, -0.25) is 10.00 Å². The molecule has 1 aliphatic carbocycles. The van der Waals surface area contributed by atoms with Crippen LogP contribution in [-0.4, -0.2) is 75.9 Å². The molecule has 3 N–H and O–H groups in total. The zero-order valence-corrected chi connectivity index (χ0v) is 23.3. The summed E-state index contributed by atoms with van der Waals surface area (Å²) in [5, 5.41) is 18.7. The number of fused-ring (bicyclic) bond motifs is 3. The smallest absolute Gasteiger partial charge is 0.410 e. The Morgan fingerprint density at radius 1 is 1.10 bits per heavy atom. The molecule has 11 heteroatoms. The van der Waals surface area contributed by atoms with Gasteiger partial charge in [0.25, 0.3) is 0 Å². The molecule has 0 unspecified atom stereocenters. The Morgan fingerprint density at radius 3 is 2.37 bits per heavy atom. The first-order valence-corrected chi connectivity index (χ1v) is 13.6. The number of aromatic nitrogens is 2. The van der Waals surface area contributed by atoms with Gasteiger partial charge in [-0.05, 0) is 55.5 Å². The van der Waals surface area contributed by atoms with E-state index in [1.165, 1.54) is 11.0 Å². The number of carbonyl (C=O) groups excluding carboxylic acids is 2. The number of amides is 2. The Bertz CT molecular complexity index is 1380. The number of carbonyl (C=O) groups is 3. The molecule has 1 aliphatic heterocycles. The quantitative estimate of drug-likeness (QED) is 0.381. The number of aromatic amines is 1. The molecule has 1 aromatic heterocycles. The summed E-state index contributed by atoms with van der Waals surface area (Å²) in [7, 11) is 0. The number of hydrogen-bond donors (Lipinski definition) is 3. The predicted octanol–water partition coefficient (Wildman–Crippen LogP) is 4.54. The molecule has 1 fully saturated rings. The monoisotopic (exact) mass is 562 g/mol. The van der Waals surface area contributed by atoms with Crippen LogP contribution in [0, 0.1) is 0 Å². The van der Waals surface area contributed by atoms with Gasteiger partial charge in [0, 0.05) is 12.5 Å². The minimum Gasteiger partial charge on any atom is -0.476 e. The molecular formula is C30H34N4O7. The number of hydrogen-bond acceptors (Lipinski definition) is 7. The third kappa shape index (κ3) is 6.35. The van der Waals surface area contributed by atoms with E-state index in [2.05, 4.69) is 27.6 Å². The van der Waals surface area contributed by atoms with Gasteiger partial charge in [-0.25, -0.2) is 14.4 Å². The van der Waals surface area contributed by atoms with E-state index in [1.54, 1.807) is 20.8 Å². The van der Waals surface area contributed by atoms with Crippen LogP contribution in [-0.2, 0) is 20.8 Å². The zero-order valence-electron chi connectivity index (χ0n) is 23.3. The molecule has 41 heavy (non-hydrogen) atoms. The average Bonchev–Trinajstić information content (AvgIpc) is 3.53. The largest absolute Gasteiger partial charge is 0.476 e. The number of carboxylic acids is 1. The Labute approximate surface area is 237 Å². The molecule has 2 amide bonds. The maximum atomic E-state index is 13.8. The number of ether oxygens (including phenoxy) is 3. The average molecular weight is 563 g/mol. The number of aromatic carboxylic acids is 1. The van der Waals surface area contributed by atoms with Crippen molar-refractivity contribution in [2.45, 2.75) is 57.3 Å². The fourth-order valence-corrected chi connectivity index (χ4v) is 5.43. The summed E-state index contributed by atoms with van der Waals surface area (Å²) in [6.07, 6.45) is -0.800. The summed E-state index contributed by atoms with van der Waals surface area (Å²) in [6.45, 7) is 5.94. The molecule has 11 nitrogen and oxygen atoms in total. The van der Waals surface area contributed by atoms with Gasteiger partial charge in [0.2, 0.25) is 0 Å². The molecule has 0 bridgehead atoms. The van der Waals surface area contributed by atoms with Crippen molar-refractivity contribution in [3.8, 4) is 11.1 Å². The summed E-state index contributed by atoms with van der Waals surface area (Å²) in [6, 6.07) is 16.4. The number of carboxylic acid groups (broad SMARTS) is 1. The highest BCUT2D eigenvalue weighted by molar-refractivity contribution is 5.85. The predicted molar refractivity (Wildman–Crippen MR) is 149 cm³/mol. The molecule has 1 saturated heterocycles. The highest BCUT2D eigenvalue weighted by Crippen LogP contribution is 2.44. The Morgan fingerprint density at radius 2 is 1.76 bits per heavy atom. The highest BCUT2D eigenvalue weighted by Gasteiger charge is 2.38. The molecule has 0 spiro atoms. The van der Waals surface area contributed by atoms with E-state index in [-0.39, 0.29) is 31.4 Å². The number of H-pyrrole nitrogens is 1. The van der Waals surface area contributed by atoms with Gasteiger partial charge in [0.1, 0.15) is 12.2 Å². The lowest BCUT2D eigenvalue weighted by molar-refractivity contribution is -0.00733. The molecule has 2 aliphatic rings. The first kappa shape index (κ1) is 28.2. The van der Waals surface area contributed by atoms with E-state index in [4.69, 9.17) is 14.2 Å². The second kappa shape index (κ2) is 11.6. The van der Waals surface area contributed by atoms with E-state index < -0.39 is 35.8 Å². The third-order valence-corrected chi connectivity index (χ3v) is 7.18. The van der Waals surface area contributed by atoms with Gasteiger partial charge in [-0.15, -0.1) is 0 Å². The Balaban J connectivity index is 1.38. The highest BCUT2D eigenvalue weighted by atomic mass is 16.6. The van der Waals surface area contributed by atoms with Gasteiger partial charge in [-0.1, -0.05) is 48.5 Å². The summed E-state index contributed by atoms with van der Waals surface area (Å²) < 4.78 is 17.0. The second-order valence-corrected chi connectivity index (χ2v) is 11.2. The number of nitrogens with one attached hydrogen (secondary N) is 2. The van der Waals surface area contributed by atoms with Crippen molar-refractivity contribution < 1.29 is 33.7 Å². The number of alkyl carbamates (subject to hydrolysis) is 1. The molecule has 2 heterocycles. The molecule has 5 rings (SSSR count). The minimum absolute atomic E-state index is 0.00583. The van der Waals surface area contributed by atoms with Gasteiger partial charge in [0.15, 0.2) is 5.69 Å². The van der Waals surface area contributed by atoms with E-state index in [1.807, 2.05) is 36.4 Å². The van der Waals surface area contributed by atoms with Crippen molar-refractivity contribution in [2.24, 2.45) is 0 Å². The first-order valence-electron chi connectivity index (χ1n) is 13.6. The summed E-state index contributed by atoms with van der Waals surface area (Å²) in [4.78, 5) is 39.3. The summed E-state index contributed by atoms with van der Waals surface area (Å²) in [5.41, 5.74) is 3.95. The maximum absolute atomic E-state index is 13.8. The molecular weight excluding hydrogens is 528 g/mol. The van der Waals surface area contributed by atoms with Crippen LogP contribution in [0.4, 0.5) is 9.59 Å². The van der Waals surface area contributed by atoms with Gasteiger partial charge in [-0.2, -0.15) is 5.10 Å². The third-order valence-electron chi connectivity index (χ3n) is 7.18. The van der Waals surface area contributed by atoms with Crippen LogP contribution in [0.3, 0.4) is 0 Å². The lowest BCUT2D eigenvalue weighted by Gasteiger charge is -2.39. The van der Waals surface area contributed by atoms with Crippen molar-refractivity contribution in [1.29, 1.82) is 0 Å². The molecule has 2 aromatic carbocycles. The van der Waals surface area contributed by atoms with Crippen LogP contribution in [0.5, 0.6) is 0 Å². The molecule has 0 radical (unpaired) electrons. The SMILES string of the molecule is CC(C)(C)OC(=O)N[C@@H]1COCC[C@@H]1N(Cc1cc(C(=O)O)n[nH]1)C(=O)OCC1c2ccccc2-c2ccccc21. The van der Waals surface area contributed by atoms with Crippen LogP contribution in [0.25, 0.3) is 11.1 Å². The van der Waals surface area contributed by atoms with Crippen LogP contribution < -0.4 is 5.32 Å². The van der Waals surface area contributed by atoms with E-state index in [9.17, 15) is 19.5 Å². The maximum Gasteiger partial charge on any atom is 0.410 e. The number of benzene rings is 2. The van der Waals surface area contributed by atoms with E-state index >= 15 is 0 Å². The lowest BCUT2D eigenvalue weighted by atomic mass is 9.98. The zero-order chi connectivity index (χ0) is 29.1. The van der Waals surface area contributed by atoms with Crippen molar-refractivity contribution in [1.82, 2.24) is 20.4 Å². The molecule has 2 atom stereocenters. The van der Waals surface area contributed by atoms with E-state index in [0.717, 1.165) is 22.3 Å².